The van der Waals surface area contributed by atoms with Crippen molar-refractivity contribution in [2.45, 2.75) is 45.7 Å². The lowest BCUT2D eigenvalue weighted by molar-refractivity contribution is -0.122. The lowest BCUT2D eigenvalue weighted by atomic mass is 9.92. The number of nitrogens with one attached hydrogen (secondary N) is 2. The van der Waals surface area contributed by atoms with Gasteiger partial charge in [0.25, 0.3) is 0 Å². The van der Waals surface area contributed by atoms with Crippen LogP contribution in [0.2, 0.25) is 0 Å². The standard InChI is InChI=1S/C22H29N3O2/c1-4-8-16-11-13-18(14-12-16)19(15(2)3)24-20(21(26)25-22(23)27)17-9-6-5-7-10-17/h5-7,9-15,19-20,24H,4,8H2,1-3H3,(H3,23,25,26,27)/t19-,20-/m0/s1. The van der Waals surface area contributed by atoms with Gasteiger partial charge in [0.05, 0.1) is 0 Å². The van der Waals surface area contributed by atoms with Gasteiger partial charge in [-0.25, -0.2) is 4.79 Å². The summed E-state index contributed by atoms with van der Waals surface area (Å²) in [5.41, 5.74) is 8.35. The Morgan fingerprint density at radius 3 is 2.11 bits per heavy atom. The first-order valence-electron chi connectivity index (χ1n) is 9.42. The van der Waals surface area contributed by atoms with Crippen LogP contribution in [0.25, 0.3) is 0 Å². The van der Waals surface area contributed by atoms with Gasteiger partial charge in [-0.15, -0.1) is 0 Å². The number of benzene rings is 2. The fourth-order valence-corrected chi connectivity index (χ4v) is 3.20. The maximum atomic E-state index is 12.6. The molecule has 0 fully saturated rings. The number of primary amides is 1. The van der Waals surface area contributed by atoms with Crippen molar-refractivity contribution < 1.29 is 9.59 Å². The molecule has 2 aromatic rings. The third-order valence-electron chi connectivity index (χ3n) is 4.53. The van der Waals surface area contributed by atoms with E-state index >= 15 is 0 Å². The maximum Gasteiger partial charge on any atom is 0.318 e. The van der Waals surface area contributed by atoms with E-state index in [0.29, 0.717) is 0 Å². The lowest BCUT2D eigenvalue weighted by Crippen LogP contribution is -2.44. The number of carbonyl (C=O) groups is 2. The molecule has 0 unspecified atom stereocenters. The molecule has 0 aromatic heterocycles. The Morgan fingerprint density at radius 2 is 1.59 bits per heavy atom. The molecule has 0 aliphatic rings. The van der Waals surface area contributed by atoms with Crippen molar-refractivity contribution in [1.29, 1.82) is 0 Å². The molecule has 4 N–H and O–H groups in total. The fraction of sp³-hybridized carbons (Fsp3) is 0.364. The summed E-state index contributed by atoms with van der Waals surface area (Å²) in [5, 5.41) is 5.62. The van der Waals surface area contributed by atoms with E-state index < -0.39 is 18.0 Å². The predicted octanol–water partition coefficient (Wildman–Crippen LogP) is 3.86. The summed E-state index contributed by atoms with van der Waals surface area (Å²) < 4.78 is 0. The molecule has 2 aromatic carbocycles. The molecular weight excluding hydrogens is 338 g/mol. The van der Waals surface area contributed by atoms with Crippen LogP contribution in [0.4, 0.5) is 4.79 Å². The van der Waals surface area contributed by atoms with E-state index in [1.165, 1.54) is 5.56 Å². The van der Waals surface area contributed by atoms with E-state index in [1.807, 2.05) is 30.3 Å². The number of urea groups is 1. The first-order valence-corrected chi connectivity index (χ1v) is 9.42. The Morgan fingerprint density at radius 1 is 0.963 bits per heavy atom. The molecule has 0 spiro atoms. The molecular formula is C22H29N3O2. The molecule has 0 saturated heterocycles. The fourth-order valence-electron chi connectivity index (χ4n) is 3.20. The Labute approximate surface area is 161 Å². The molecule has 0 heterocycles. The number of nitrogens with two attached hydrogens (primary N) is 1. The van der Waals surface area contributed by atoms with Crippen LogP contribution >= 0.6 is 0 Å². The summed E-state index contributed by atoms with van der Waals surface area (Å²) in [6.07, 6.45) is 2.16. The van der Waals surface area contributed by atoms with Crippen LogP contribution in [0, 0.1) is 5.92 Å². The van der Waals surface area contributed by atoms with Crippen LogP contribution in [-0.2, 0) is 11.2 Å². The molecule has 0 radical (unpaired) electrons. The first-order chi connectivity index (χ1) is 12.9. The summed E-state index contributed by atoms with van der Waals surface area (Å²) in [5.74, 6) is -0.212. The van der Waals surface area contributed by atoms with Crippen LogP contribution in [0.15, 0.2) is 54.6 Å². The Bertz CT molecular complexity index is 742. The van der Waals surface area contributed by atoms with Crippen molar-refractivity contribution in [3.63, 3.8) is 0 Å². The van der Waals surface area contributed by atoms with Gasteiger partial charge in [0.2, 0.25) is 5.91 Å². The highest BCUT2D eigenvalue weighted by Crippen LogP contribution is 2.26. The van der Waals surface area contributed by atoms with Gasteiger partial charge in [-0.2, -0.15) is 0 Å². The van der Waals surface area contributed by atoms with E-state index in [0.717, 1.165) is 24.0 Å². The zero-order valence-electron chi connectivity index (χ0n) is 16.2. The summed E-state index contributed by atoms with van der Waals surface area (Å²) >= 11 is 0. The smallest absolute Gasteiger partial charge is 0.318 e. The highest BCUT2D eigenvalue weighted by Gasteiger charge is 2.27. The second kappa shape index (κ2) is 9.88. The molecule has 5 heteroatoms. The zero-order chi connectivity index (χ0) is 19.8. The number of rotatable bonds is 8. The van der Waals surface area contributed by atoms with Crippen LogP contribution in [0.3, 0.4) is 0 Å². The average molecular weight is 367 g/mol. The first kappa shape index (κ1) is 20.6. The van der Waals surface area contributed by atoms with Crippen molar-refractivity contribution in [2.24, 2.45) is 11.7 Å². The maximum absolute atomic E-state index is 12.6. The summed E-state index contributed by atoms with van der Waals surface area (Å²) in [6.45, 7) is 6.37. The van der Waals surface area contributed by atoms with Gasteiger partial charge in [0.1, 0.15) is 6.04 Å². The minimum Gasteiger partial charge on any atom is -0.351 e. The van der Waals surface area contributed by atoms with Gasteiger partial charge in [-0.3, -0.25) is 15.4 Å². The van der Waals surface area contributed by atoms with Gasteiger partial charge in [0.15, 0.2) is 0 Å². The van der Waals surface area contributed by atoms with E-state index in [1.54, 1.807) is 0 Å². The molecule has 2 atom stereocenters. The molecule has 0 aliphatic heterocycles. The predicted molar refractivity (Wildman–Crippen MR) is 108 cm³/mol. The van der Waals surface area contributed by atoms with Crippen LogP contribution in [-0.4, -0.2) is 11.9 Å². The normalized spacial score (nSPS) is 13.2. The quantitative estimate of drug-likeness (QED) is 0.662. The SMILES string of the molecule is CCCc1ccc([C@@H](N[C@H](C(=O)NC(N)=O)c2ccccc2)C(C)C)cc1. The second-order valence-corrected chi connectivity index (χ2v) is 7.08. The average Bonchev–Trinajstić information content (AvgIpc) is 2.63. The van der Waals surface area contributed by atoms with Gasteiger partial charge >= 0.3 is 6.03 Å². The monoisotopic (exact) mass is 367 g/mol. The van der Waals surface area contributed by atoms with Gasteiger partial charge in [-0.05, 0) is 29.0 Å². The van der Waals surface area contributed by atoms with E-state index in [4.69, 9.17) is 5.73 Å². The van der Waals surface area contributed by atoms with E-state index in [-0.39, 0.29) is 12.0 Å². The van der Waals surface area contributed by atoms with Crippen molar-refractivity contribution in [3.05, 3.63) is 71.3 Å². The van der Waals surface area contributed by atoms with Gasteiger partial charge in [-0.1, -0.05) is 81.8 Å². The van der Waals surface area contributed by atoms with Crippen molar-refractivity contribution in [2.75, 3.05) is 0 Å². The zero-order valence-corrected chi connectivity index (χ0v) is 16.2. The van der Waals surface area contributed by atoms with Crippen molar-refractivity contribution >= 4 is 11.9 Å². The largest absolute Gasteiger partial charge is 0.351 e. The number of hydrogen-bond acceptors (Lipinski definition) is 3. The number of carbonyl (C=O) groups excluding carboxylic acids is 2. The summed E-state index contributed by atoms with van der Waals surface area (Å²) in [4.78, 5) is 23.8. The molecule has 3 amide bonds. The van der Waals surface area contributed by atoms with E-state index in [9.17, 15) is 9.59 Å². The van der Waals surface area contributed by atoms with Gasteiger partial charge < -0.3 is 5.73 Å². The summed E-state index contributed by atoms with van der Waals surface area (Å²) in [7, 11) is 0. The molecule has 144 valence electrons. The molecule has 2 rings (SSSR count). The number of imide groups is 1. The summed E-state index contributed by atoms with van der Waals surface area (Å²) in [6, 6.07) is 16.2. The Balaban J connectivity index is 2.30. The molecule has 0 aliphatic carbocycles. The van der Waals surface area contributed by atoms with Crippen LogP contribution < -0.4 is 16.4 Å². The highest BCUT2D eigenvalue weighted by molar-refractivity contribution is 5.96. The van der Waals surface area contributed by atoms with Gasteiger partial charge in [0, 0.05) is 6.04 Å². The topological polar surface area (TPSA) is 84.2 Å². The third-order valence-corrected chi connectivity index (χ3v) is 4.53. The third kappa shape index (κ3) is 5.93. The van der Waals surface area contributed by atoms with Crippen molar-refractivity contribution in [3.8, 4) is 0 Å². The second-order valence-electron chi connectivity index (χ2n) is 7.08. The van der Waals surface area contributed by atoms with Crippen LogP contribution in [0.5, 0.6) is 0 Å². The van der Waals surface area contributed by atoms with E-state index in [2.05, 4.69) is 55.7 Å². The molecule has 5 nitrogen and oxygen atoms in total. The van der Waals surface area contributed by atoms with Crippen molar-refractivity contribution in [1.82, 2.24) is 10.6 Å². The number of amides is 3. The lowest BCUT2D eigenvalue weighted by Gasteiger charge is -2.28. The van der Waals surface area contributed by atoms with Crippen LogP contribution in [0.1, 0.15) is 56.0 Å². The molecule has 0 bridgehead atoms. The number of hydrogen-bond donors (Lipinski definition) is 3. The Kier molecular flexibility index (Phi) is 7.55. The highest BCUT2D eigenvalue weighted by atomic mass is 16.2. The minimum atomic E-state index is -0.854. The Hall–Kier alpha value is -2.66. The molecule has 27 heavy (non-hydrogen) atoms. The molecule has 0 saturated carbocycles. The number of aryl methyl sites for hydroxylation is 1. The minimum absolute atomic E-state index is 0.0514.